The number of para-hydroxylation sites is 1. The van der Waals surface area contributed by atoms with Crippen LogP contribution >= 0.6 is 0 Å². The molecule has 1 amide bonds. The molecule has 0 radical (unpaired) electrons. The van der Waals surface area contributed by atoms with Crippen LogP contribution in [0.25, 0.3) is 0 Å². The largest absolute Gasteiger partial charge is 0.341 e. The van der Waals surface area contributed by atoms with E-state index < -0.39 is 0 Å². The second-order valence-corrected chi connectivity index (χ2v) is 7.49. The summed E-state index contributed by atoms with van der Waals surface area (Å²) < 4.78 is 0. The molecule has 1 fully saturated rings. The molecule has 5 heteroatoms. The Labute approximate surface area is 161 Å². The van der Waals surface area contributed by atoms with E-state index in [4.69, 9.17) is 0 Å². The van der Waals surface area contributed by atoms with Gasteiger partial charge < -0.3 is 15.5 Å². The van der Waals surface area contributed by atoms with E-state index in [1.807, 2.05) is 19.2 Å². The van der Waals surface area contributed by atoms with Crippen molar-refractivity contribution in [1.29, 1.82) is 0 Å². The molecule has 2 aromatic carbocycles. The van der Waals surface area contributed by atoms with Crippen molar-refractivity contribution in [2.75, 3.05) is 43.4 Å². The van der Waals surface area contributed by atoms with E-state index in [2.05, 4.69) is 56.8 Å². The molecule has 5 nitrogen and oxygen atoms in total. The van der Waals surface area contributed by atoms with Gasteiger partial charge >= 0.3 is 0 Å². The van der Waals surface area contributed by atoms with Crippen LogP contribution in [0.5, 0.6) is 0 Å². The highest BCUT2D eigenvalue weighted by molar-refractivity contribution is 5.92. The van der Waals surface area contributed by atoms with E-state index in [9.17, 15) is 4.79 Å². The van der Waals surface area contributed by atoms with Crippen LogP contribution in [-0.2, 0) is 11.2 Å². The van der Waals surface area contributed by atoms with Crippen LogP contribution in [0.2, 0.25) is 0 Å². The van der Waals surface area contributed by atoms with Crippen LogP contribution in [-0.4, -0.2) is 50.1 Å². The van der Waals surface area contributed by atoms with Crippen LogP contribution in [0.1, 0.15) is 18.4 Å². The van der Waals surface area contributed by atoms with E-state index >= 15 is 0 Å². The number of piperidine rings is 1. The molecule has 0 spiro atoms. The van der Waals surface area contributed by atoms with Gasteiger partial charge in [0.05, 0.1) is 6.54 Å². The number of hydrogen-bond acceptors (Lipinski definition) is 4. The molecule has 27 heavy (non-hydrogen) atoms. The molecule has 142 valence electrons. The lowest BCUT2D eigenvalue weighted by molar-refractivity contribution is -0.117. The van der Waals surface area contributed by atoms with Crippen LogP contribution in [0, 0.1) is 0 Å². The van der Waals surface area contributed by atoms with Crippen molar-refractivity contribution in [2.24, 2.45) is 0 Å². The molecule has 1 unspecified atom stereocenters. The molecule has 1 saturated heterocycles. The number of likely N-dealkylation sites (tertiary alicyclic amines) is 1. The highest BCUT2D eigenvalue weighted by Crippen LogP contribution is 2.34. The van der Waals surface area contributed by atoms with Crippen molar-refractivity contribution >= 4 is 23.0 Å². The Morgan fingerprint density at radius 3 is 2.74 bits per heavy atom. The van der Waals surface area contributed by atoms with Crippen molar-refractivity contribution in [2.45, 2.75) is 25.3 Å². The number of nitrogens with one attached hydrogen (secondary N) is 2. The monoisotopic (exact) mass is 364 g/mol. The Kier molecular flexibility index (Phi) is 5.41. The van der Waals surface area contributed by atoms with Gasteiger partial charge in [0.25, 0.3) is 0 Å². The average molecular weight is 364 g/mol. The van der Waals surface area contributed by atoms with Crippen LogP contribution in [0.4, 0.5) is 17.1 Å². The summed E-state index contributed by atoms with van der Waals surface area (Å²) in [5.74, 6) is 0.0611. The summed E-state index contributed by atoms with van der Waals surface area (Å²) >= 11 is 0. The van der Waals surface area contributed by atoms with Crippen LogP contribution in [0.15, 0.2) is 48.5 Å². The number of likely N-dealkylation sites (N-methyl/N-ethyl adjacent to an activating group) is 1. The van der Waals surface area contributed by atoms with E-state index in [1.54, 1.807) is 0 Å². The normalized spacial score (nSPS) is 19.7. The molecule has 0 saturated carbocycles. The predicted molar refractivity (Wildman–Crippen MR) is 111 cm³/mol. The highest BCUT2D eigenvalue weighted by Gasteiger charge is 2.21. The van der Waals surface area contributed by atoms with Gasteiger partial charge in [0.2, 0.25) is 5.91 Å². The topological polar surface area (TPSA) is 47.6 Å². The summed E-state index contributed by atoms with van der Waals surface area (Å²) in [6.07, 6.45) is 3.42. The molecule has 2 heterocycles. The number of nitrogens with zero attached hydrogens (tertiary/aromatic N) is 2. The first kappa shape index (κ1) is 18.0. The second kappa shape index (κ2) is 8.11. The van der Waals surface area contributed by atoms with E-state index in [0.717, 1.165) is 38.2 Å². The summed E-state index contributed by atoms with van der Waals surface area (Å²) in [6, 6.07) is 17.2. The first-order valence-electron chi connectivity index (χ1n) is 9.88. The van der Waals surface area contributed by atoms with Gasteiger partial charge in [-0.1, -0.05) is 18.2 Å². The zero-order valence-corrected chi connectivity index (χ0v) is 15.9. The maximum atomic E-state index is 12.4. The third-order valence-electron chi connectivity index (χ3n) is 5.63. The summed E-state index contributed by atoms with van der Waals surface area (Å²) in [5.41, 5.74) is 4.72. The summed E-state index contributed by atoms with van der Waals surface area (Å²) in [5, 5.41) is 6.36. The quantitative estimate of drug-likeness (QED) is 0.856. The lowest BCUT2D eigenvalue weighted by Gasteiger charge is -2.31. The van der Waals surface area contributed by atoms with Crippen LogP contribution < -0.4 is 15.5 Å². The minimum absolute atomic E-state index is 0.0611. The number of hydrogen-bond donors (Lipinski definition) is 2. The Balaban J connectivity index is 1.35. The first-order valence-corrected chi connectivity index (χ1v) is 9.88. The predicted octanol–water partition coefficient (Wildman–Crippen LogP) is 3.00. The van der Waals surface area contributed by atoms with E-state index in [-0.39, 0.29) is 5.91 Å². The van der Waals surface area contributed by atoms with Gasteiger partial charge in [-0.3, -0.25) is 9.69 Å². The lowest BCUT2D eigenvalue weighted by Crippen LogP contribution is -2.46. The Hall–Kier alpha value is -2.37. The Bertz CT molecular complexity index is 789. The van der Waals surface area contributed by atoms with Gasteiger partial charge in [-0.25, -0.2) is 0 Å². The zero-order chi connectivity index (χ0) is 18.6. The molecule has 2 aromatic rings. The number of anilines is 3. The first-order chi connectivity index (χ1) is 13.2. The third-order valence-corrected chi connectivity index (χ3v) is 5.63. The zero-order valence-electron chi connectivity index (χ0n) is 15.9. The number of rotatable bonds is 5. The maximum Gasteiger partial charge on any atom is 0.238 e. The fourth-order valence-corrected chi connectivity index (χ4v) is 4.17. The van der Waals surface area contributed by atoms with Crippen molar-refractivity contribution in [3.8, 4) is 0 Å². The molecule has 1 atom stereocenters. The Morgan fingerprint density at radius 2 is 1.93 bits per heavy atom. The fraction of sp³-hybridized carbons (Fsp3) is 0.409. The maximum absolute atomic E-state index is 12.4. The number of benzene rings is 2. The number of carbonyl (C=O) groups is 1. The van der Waals surface area contributed by atoms with Crippen molar-refractivity contribution in [1.82, 2.24) is 10.2 Å². The molecular formula is C22H28N4O. The van der Waals surface area contributed by atoms with Gasteiger partial charge in [-0.15, -0.1) is 0 Å². The molecule has 0 aromatic heterocycles. The van der Waals surface area contributed by atoms with E-state index in [0.29, 0.717) is 12.6 Å². The fourth-order valence-electron chi connectivity index (χ4n) is 4.17. The molecule has 0 aliphatic carbocycles. The van der Waals surface area contributed by atoms with Gasteiger partial charge in [-0.05, 0) is 68.8 Å². The SMILES string of the molecule is CNC1CCCN(CC(=O)Nc2ccc(N3CCc4ccccc43)cc2)C1. The smallest absolute Gasteiger partial charge is 0.238 e. The summed E-state index contributed by atoms with van der Waals surface area (Å²) in [7, 11) is 1.99. The van der Waals surface area contributed by atoms with Crippen molar-refractivity contribution in [3.63, 3.8) is 0 Å². The van der Waals surface area contributed by atoms with Gasteiger partial charge in [0.15, 0.2) is 0 Å². The van der Waals surface area contributed by atoms with Crippen molar-refractivity contribution < 1.29 is 4.79 Å². The standard InChI is InChI=1S/C22H28N4O/c1-23-19-6-4-13-25(15-19)16-22(27)24-18-8-10-20(11-9-18)26-14-12-17-5-2-3-7-21(17)26/h2-3,5,7-11,19,23H,4,6,12-16H2,1H3,(H,24,27). The minimum Gasteiger partial charge on any atom is -0.341 e. The molecular weight excluding hydrogens is 336 g/mol. The molecule has 2 aliphatic rings. The molecule has 4 rings (SSSR count). The van der Waals surface area contributed by atoms with Crippen LogP contribution in [0.3, 0.4) is 0 Å². The molecule has 2 aliphatic heterocycles. The van der Waals surface area contributed by atoms with E-state index in [1.165, 1.54) is 23.4 Å². The number of fused-ring (bicyclic) bond motifs is 1. The minimum atomic E-state index is 0.0611. The average Bonchev–Trinajstić information content (AvgIpc) is 3.13. The van der Waals surface area contributed by atoms with Gasteiger partial charge in [0, 0.05) is 36.2 Å². The summed E-state index contributed by atoms with van der Waals surface area (Å²) in [6.45, 7) is 3.40. The lowest BCUT2D eigenvalue weighted by atomic mass is 10.1. The summed E-state index contributed by atoms with van der Waals surface area (Å²) in [4.78, 5) is 17.0. The number of amides is 1. The van der Waals surface area contributed by atoms with Crippen molar-refractivity contribution in [3.05, 3.63) is 54.1 Å². The third kappa shape index (κ3) is 4.15. The molecule has 0 bridgehead atoms. The Morgan fingerprint density at radius 1 is 1.11 bits per heavy atom. The van der Waals surface area contributed by atoms with Gasteiger partial charge in [0.1, 0.15) is 0 Å². The molecule has 2 N–H and O–H groups in total. The number of carbonyl (C=O) groups excluding carboxylic acids is 1. The highest BCUT2D eigenvalue weighted by atomic mass is 16.2. The van der Waals surface area contributed by atoms with Gasteiger partial charge in [-0.2, -0.15) is 0 Å². The second-order valence-electron chi connectivity index (χ2n) is 7.49.